The zero-order valence-electron chi connectivity index (χ0n) is 11.6. The van der Waals surface area contributed by atoms with E-state index in [9.17, 15) is 18.4 Å². The minimum absolute atomic E-state index is 0.0378. The molecule has 2 aromatic rings. The molecule has 0 aliphatic heterocycles. The average molecular weight is 304 g/mol. The third-order valence-corrected chi connectivity index (χ3v) is 2.90. The summed E-state index contributed by atoms with van der Waals surface area (Å²) < 4.78 is 26.7. The van der Waals surface area contributed by atoms with Crippen molar-refractivity contribution in [1.29, 1.82) is 0 Å². The van der Waals surface area contributed by atoms with E-state index in [2.05, 4.69) is 10.6 Å². The van der Waals surface area contributed by atoms with E-state index in [1.807, 2.05) is 0 Å². The maximum Gasteiger partial charge on any atom is 0.243 e. The zero-order chi connectivity index (χ0) is 15.9. The van der Waals surface area contributed by atoms with Crippen molar-refractivity contribution in [2.75, 3.05) is 11.9 Å². The molecule has 0 saturated carbocycles. The first-order valence-electron chi connectivity index (χ1n) is 6.61. The van der Waals surface area contributed by atoms with Gasteiger partial charge >= 0.3 is 0 Å². The third-order valence-electron chi connectivity index (χ3n) is 2.90. The Kier molecular flexibility index (Phi) is 5.19. The normalized spacial score (nSPS) is 10.1. The Morgan fingerprint density at radius 2 is 1.50 bits per heavy atom. The summed E-state index contributed by atoms with van der Waals surface area (Å²) in [4.78, 5) is 23.3. The van der Waals surface area contributed by atoms with Gasteiger partial charge in [0.05, 0.1) is 18.7 Å². The molecule has 0 heterocycles. The number of rotatable bonds is 5. The van der Waals surface area contributed by atoms with Crippen LogP contribution in [0.15, 0.2) is 48.5 Å². The molecule has 0 aliphatic carbocycles. The van der Waals surface area contributed by atoms with Gasteiger partial charge < -0.3 is 10.6 Å². The highest BCUT2D eigenvalue weighted by atomic mass is 19.1. The molecule has 0 bridgehead atoms. The van der Waals surface area contributed by atoms with Crippen LogP contribution in [-0.2, 0) is 16.0 Å². The van der Waals surface area contributed by atoms with E-state index in [1.54, 1.807) is 12.1 Å². The number of hydrogen-bond donors (Lipinski definition) is 2. The highest BCUT2D eigenvalue weighted by Gasteiger charge is 2.10. The Balaban J connectivity index is 1.82. The Morgan fingerprint density at radius 3 is 2.18 bits per heavy atom. The van der Waals surface area contributed by atoms with Crippen molar-refractivity contribution in [3.63, 3.8) is 0 Å². The Bertz CT molecular complexity index is 630. The van der Waals surface area contributed by atoms with Gasteiger partial charge in [0.15, 0.2) is 0 Å². The lowest BCUT2D eigenvalue weighted by atomic mass is 10.1. The summed E-state index contributed by atoms with van der Waals surface area (Å²) in [6.45, 7) is -0.318. The molecule has 0 aromatic heterocycles. The van der Waals surface area contributed by atoms with E-state index in [-0.39, 0.29) is 24.2 Å². The number of hydrogen-bond acceptors (Lipinski definition) is 2. The van der Waals surface area contributed by atoms with E-state index >= 15 is 0 Å². The fourth-order valence-corrected chi connectivity index (χ4v) is 1.81. The van der Waals surface area contributed by atoms with Crippen molar-refractivity contribution in [1.82, 2.24) is 5.32 Å². The fourth-order valence-electron chi connectivity index (χ4n) is 1.81. The number of carbonyl (C=O) groups is 2. The molecule has 0 spiro atoms. The van der Waals surface area contributed by atoms with E-state index in [0.717, 1.165) is 0 Å². The molecular weight excluding hydrogens is 290 g/mol. The number of nitrogens with one attached hydrogen (secondary N) is 2. The maximum atomic E-state index is 13.4. The minimum atomic E-state index is -0.563. The number of amides is 2. The number of para-hydroxylation sites is 1. The van der Waals surface area contributed by atoms with Crippen LogP contribution in [0.25, 0.3) is 0 Å². The molecule has 6 heteroatoms. The van der Waals surface area contributed by atoms with Crippen LogP contribution in [-0.4, -0.2) is 18.4 Å². The lowest BCUT2D eigenvalue weighted by molar-refractivity contribution is -0.123. The monoisotopic (exact) mass is 304 g/mol. The summed E-state index contributed by atoms with van der Waals surface area (Å²) in [5.41, 5.74) is 0.283. The van der Waals surface area contributed by atoms with Crippen molar-refractivity contribution in [2.24, 2.45) is 0 Å². The minimum Gasteiger partial charge on any atom is -0.347 e. The van der Waals surface area contributed by atoms with Crippen molar-refractivity contribution >= 4 is 17.5 Å². The van der Waals surface area contributed by atoms with E-state index in [4.69, 9.17) is 0 Å². The lowest BCUT2D eigenvalue weighted by Crippen LogP contribution is -2.34. The molecule has 0 aliphatic rings. The third kappa shape index (κ3) is 4.37. The average Bonchev–Trinajstić information content (AvgIpc) is 2.50. The standard InChI is InChI=1S/C16H14F2N2O2/c17-12-6-2-1-5-11(12)9-15(21)19-10-16(22)20-14-8-4-3-7-13(14)18/h1-8H,9-10H2,(H,19,21)(H,20,22). The number of halogens is 2. The lowest BCUT2D eigenvalue weighted by Gasteiger charge is -2.08. The SMILES string of the molecule is O=C(Cc1ccccc1F)NCC(=O)Nc1ccccc1F. The molecule has 0 atom stereocenters. The highest BCUT2D eigenvalue weighted by Crippen LogP contribution is 2.11. The molecule has 0 saturated heterocycles. The number of carbonyl (C=O) groups excluding carboxylic acids is 2. The van der Waals surface area contributed by atoms with Crippen LogP contribution in [0.1, 0.15) is 5.56 Å². The predicted molar refractivity (Wildman–Crippen MR) is 78.1 cm³/mol. The highest BCUT2D eigenvalue weighted by molar-refractivity contribution is 5.94. The van der Waals surface area contributed by atoms with E-state index in [0.29, 0.717) is 0 Å². The molecule has 2 rings (SSSR count). The topological polar surface area (TPSA) is 58.2 Å². The molecule has 114 valence electrons. The van der Waals surface area contributed by atoms with Crippen LogP contribution in [0.2, 0.25) is 0 Å². The van der Waals surface area contributed by atoms with Crippen molar-refractivity contribution in [3.05, 3.63) is 65.7 Å². The van der Waals surface area contributed by atoms with Gasteiger partial charge in [-0.1, -0.05) is 30.3 Å². The van der Waals surface area contributed by atoms with Gasteiger partial charge in [0, 0.05) is 0 Å². The Hall–Kier alpha value is -2.76. The van der Waals surface area contributed by atoms with Crippen LogP contribution >= 0.6 is 0 Å². The van der Waals surface area contributed by atoms with Gasteiger partial charge in [-0.05, 0) is 23.8 Å². The molecule has 22 heavy (non-hydrogen) atoms. The predicted octanol–water partition coefficient (Wildman–Crippen LogP) is 2.26. The van der Waals surface area contributed by atoms with Crippen LogP contribution in [0, 0.1) is 11.6 Å². The van der Waals surface area contributed by atoms with Crippen LogP contribution in [0.3, 0.4) is 0 Å². The van der Waals surface area contributed by atoms with E-state index in [1.165, 1.54) is 36.4 Å². The first-order valence-corrected chi connectivity index (χ1v) is 6.61. The van der Waals surface area contributed by atoms with E-state index < -0.39 is 23.4 Å². The van der Waals surface area contributed by atoms with Crippen molar-refractivity contribution in [2.45, 2.75) is 6.42 Å². The van der Waals surface area contributed by atoms with Crippen LogP contribution in [0.5, 0.6) is 0 Å². The largest absolute Gasteiger partial charge is 0.347 e. The second kappa shape index (κ2) is 7.31. The molecule has 0 unspecified atom stereocenters. The van der Waals surface area contributed by atoms with Crippen LogP contribution in [0.4, 0.5) is 14.5 Å². The van der Waals surface area contributed by atoms with Gasteiger partial charge in [0.2, 0.25) is 11.8 Å². The Labute approximate surface area is 126 Å². The summed E-state index contributed by atoms with van der Waals surface area (Å²) in [6, 6.07) is 11.6. The molecule has 0 fully saturated rings. The number of benzene rings is 2. The molecule has 0 radical (unpaired) electrons. The van der Waals surface area contributed by atoms with Gasteiger partial charge in [0.1, 0.15) is 11.6 Å². The van der Waals surface area contributed by atoms with Crippen molar-refractivity contribution < 1.29 is 18.4 Å². The van der Waals surface area contributed by atoms with Gasteiger partial charge in [-0.2, -0.15) is 0 Å². The molecule has 2 N–H and O–H groups in total. The quantitative estimate of drug-likeness (QED) is 0.890. The summed E-state index contributed by atoms with van der Waals surface area (Å²) >= 11 is 0. The second-order valence-corrected chi connectivity index (χ2v) is 4.57. The van der Waals surface area contributed by atoms with Crippen LogP contribution < -0.4 is 10.6 Å². The smallest absolute Gasteiger partial charge is 0.243 e. The maximum absolute atomic E-state index is 13.4. The fraction of sp³-hybridized carbons (Fsp3) is 0.125. The molecule has 2 aromatic carbocycles. The summed E-state index contributed by atoms with van der Waals surface area (Å²) in [5, 5.41) is 4.70. The van der Waals surface area contributed by atoms with Crippen molar-refractivity contribution in [3.8, 4) is 0 Å². The van der Waals surface area contributed by atoms with Gasteiger partial charge in [0.25, 0.3) is 0 Å². The van der Waals surface area contributed by atoms with Gasteiger partial charge in [-0.25, -0.2) is 8.78 Å². The Morgan fingerprint density at radius 1 is 0.864 bits per heavy atom. The summed E-state index contributed by atoms with van der Waals surface area (Å²) in [7, 11) is 0. The second-order valence-electron chi connectivity index (χ2n) is 4.57. The number of anilines is 1. The zero-order valence-corrected chi connectivity index (χ0v) is 11.6. The van der Waals surface area contributed by atoms with Gasteiger partial charge in [-0.3, -0.25) is 9.59 Å². The molecule has 4 nitrogen and oxygen atoms in total. The summed E-state index contributed by atoms with van der Waals surface area (Å²) in [6.07, 6.45) is -0.167. The molecule has 2 amide bonds. The van der Waals surface area contributed by atoms with Gasteiger partial charge in [-0.15, -0.1) is 0 Å². The summed E-state index contributed by atoms with van der Waals surface area (Å²) in [5.74, 6) is -2.09. The first-order chi connectivity index (χ1) is 10.6. The molecular formula is C16H14F2N2O2. The first kappa shape index (κ1) is 15.6.